The average molecular weight is 399 g/mol. The second-order valence-electron chi connectivity index (χ2n) is 6.89. The molecule has 0 saturated carbocycles. The first-order valence-electron chi connectivity index (χ1n) is 9.67. The minimum Gasteiger partial charge on any atom is -0.347 e. The van der Waals surface area contributed by atoms with Crippen LogP contribution in [-0.2, 0) is 17.8 Å². The van der Waals surface area contributed by atoms with E-state index in [1.165, 1.54) is 4.68 Å². The van der Waals surface area contributed by atoms with Gasteiger partial charge in [-0.3, -0.25) is 4.79 Å². The number of amides is 1. The van der Waals surface area contributed by atoms with Gasteiger partial charge in [-0.1, -0.05) is 78.9 Å². The highest BCUT2D eigenvalue weighted by molar-refractivity contribution is 5.76. The summed E-state index contributed by atoms with van der Waals surface area (Å²) in [7, 11) is 0. The number of carbonyl (C=O) groups is 1. The molecule has 1 amide bonds. The summed E-state index contributed by atoms with van der Waals surface area (Å²) in [6.45, 7) is -0.205. The normalized spacial score (nSPS) is 11.7. The molecule has 0 saturated heterocycles. The molecule has 0 spiro atoms. The fourth-order valence-corrected chi connectivity index (χ4v) is 3.27. The van der Waals surface area contributed by atoms with Crippen LogP contribution in [-0.4, -0.2) is 25.7 Å². The highest BCUT2D eigenvalue weighted by Crippen LogP contribution is 2.18. The van der Waals surface area contributed by atoms with Crippen LogP contribution in [0.15, 0.2) is 95.8 Å². The lowest BCUT2D eigenvalue weighted by Crippen LogP contribution is -2.36. The van der Waals surface area contributed by atoms with Crippen molar-refractivity contribution in [3.05, 3.63) is 113 Å². The Bertz CT molecular complexity index is 1150. The zero-order valence-electron chi connectivity index (χ0n) is 16.3. The fraction of sp³-hybridized carbons (Fsp3) is 0.130. The van der Waals surface area contributed by atoms with Crippen molar-refractivity contribution in [3.8, 4) is 5.69 Å². The molecule has 1 atom stereocenters. The number of para-hydroxylation sites is 1. The molecule has 4 aromatic rings. The van der Waals surface area contributed by atoms with Crippen LogP contribution in [0.1, 0.15) is 17.2 Å². The molecule has 0 fully saturated rings. The van der Waals surface area contributed by atoms with E-state index in [1.807, 2.05) is 78.9 Å². The molecular weight excluding hydrogens is 378 g/mol. The molecule has 7 heteroatoms. The topological polar surface area (TPSA) is 81.8 Å². The number of nitrogens with zero attached hydrogens (tertiary/aromatic N) is 4. The van der Waals surface area contributed by atoms with E-state index in [4.69, 9.17) is 0 Å². The Kier molecular flexibility index (Phi) is 5.80. The smallest absolute Gasteiger partial charge is 0.347 e. The van der Waals surface area contributed by atoms with Gasteiger partial charge in [-0.2, -0.15) is 9.36 Å². The molecule has 1 aromatic heterocycles. The van der Waals surface area contributed by atoms with E-state index in [-0.39, 0.29) is 18.5 Å². The van der Waals surface area contributed by atoms with E-state index in [1.54, 1.807) is 12.1 Å². The van der Waals surface area contributed by atoms with Gasteiger partial charge in [-0.25, -0.2) is 4.79 Å². The molecule has 150 valence electrons. The van der Waals surface area contributed by atoms with Crippen LogP contribution in [0.5, 0.6) is 0 Å². The molecule has 1 heterocycles. The van der Waals surface area contributed by atoms with Crippen LogP contribution in [0, 0.1) is 0 Å². The molecule has 30 heavy (non-hydrogen) atoms. The Morgan fingerprint density at radius 3 is 2.10 bits per heavy atom. The summed E-state index contributed by atoms with van der Waals surface area (Å²) in [6, 6.07) is 28.5. The molecule has 0 unspecified atom stereocenters. The lowest BCUT2D eigenvalue weighted by atomic mass is 9.99. The van der Waals surface area contributed by atoms with Crippen molar-refractivity contribution in [2.75, 3.05) is 0 Å². The quantitative estimate of drug-likeness (QED) is 0.518. The van der Waals surface area contributed by atoms with Gasteiger partial charge in [0.15, 0.2) is 0 Å². The largest absolute Gasteiger partial charge is 0.368 e. The zero-order valence-corrected chi connectivity index (χ0v) is 16.3. The summed E-state index contributed by atoms with van der Waals surface area (Å²) in [4.78, 5) is 25.3. The summed E-state index contributed by atoms with van der Waals surface area (Å²) in [6.07, 6.45) is 0.641. The van der Waals surface area contributed by atoms with E-state index in [9.17, 15) is 9.59 Å². The van der Waals surface area contributed by atoms with Crippen molar-refractivity contribution < 1.29 is 4.79 Å². The van der Waals surface area contributed by atoms with Gasteiger partial charge in [0, 0.05) is 0 Å². The molecular formula is C23H21N5O2. The zero-order chi connectivity index (χ0) is 20.8. The maximum atomic E-state index is 12.7. The van der Waals surface area contributed by atoms with Gasteiger partial charge < -0.3 is 5.32 Å². The molecule has 4 rings (SSSR count). The van der Waals surface area contributed by atoms with E-state index in [2.05, 4.69) is 15.7 Å². The highest BCUT2D eigenvalue weighted by atomic mass is 16.2. The van der Waals surface area contributed by atoms with Crippen molar-refractivity contribution in [2.24, 2.45) is 0 Å². The lowest BCUT2D eigenvalue weighted by molar-refractivity contribution is -0.122. The number of rotatable bonds is 7. The predicted octanol–water partition coefficient (Wildman–Crippen LogP) is 2.53. The molecule has 0 aliphatic heterocycles. The molecule has 3 aromatic carbocycles. The minimum absolute atomic E-state index is 0.205. The summed E-state index contributed by atoms with van der Waals surface area (Å²) in [5.41, 5.74) is 2.24. The number of hydrogen-bond acceptors (Lipinski definition) is 4. The van der Waals surface area contributed by atoms with Gasteiger partial charge in [0.25, 0.3) is 0 Å². The number of aromatic nitrogens is 4. The standard InChI is InChI=1S/C23H21N5O2/c29-22(17-27-23(30)28(26-25-27)20-14-8-3-9-15-20)24-21(19-12-6-2-7-13-19)16-18-10-4-1-5-11-18/h1-15,21H,16-17H2,(H,24,29)/t21-/m1/s1. The first kappa shape index (κ1) is 19.3. The fourth-order valence-electron chi connectivity index (χ4n) is 3.27. The summed E-state index contributed by atoms with van der Waals surface area (Å²) >= 11 is 0. The van der Waals surface area contributed by atoms with Crippen molar-refractivity contribution in [1.29, 1.82) is 0 Å². The third-order valence-corrected chi connectivity index (χ3v) is 4.75. The summed E-state index contributed by atoms with van der Waals surface area (Å²) < 4.78 is 2.23. The lowest BCUT2D eigenvalue weighted by Gasteiger charge is -2.19. The minimum atomic E-state index is -0.462. The second-order valence-corrected chi connectivity index (χ2v) is 6.89. The van der Waals surface area contributed by atoms with Crippen LogP contribution in [0.4, 0.5) is 0 Å². The molecule has 0 aliphatic carbocycles. The summed E-state index contributed by atoms with van der Waals surface area (Å²) in [5.74, 6) is -0.304. The molecule has 0 aliphatic rings. The van der Waals surface area contributed by atoms with Gasteiger partial charge in [-0.15, -0.1) is 0 Å². The Morgan fingerprint density at radius 2 is 1.43 bits per heavy atom. The first-order valence-corrected chi connectivity index (χ1v) is 9.67. The van der Waals surface area contributed by atoms with Gasteiger partial charge in [0.1, 0.15) is 6.54 Å². The van der Waals surface area contributed by atoms with Crippen LogP contribution < -0.4 is 11.0 Å². The molecule has 0 radical (unpaired) electrons. The third kappa shape index (κ3) is 4.52. The van der Waals surface area contributed by atoms with E-state index in [0.29, 0.717) is 12.1 Å². The average Bonchev–Trinajstić information content (AvgIpc) is 3.15. The second kappa shape index (κ2) is 9.00. The maximum absolute atomic E-state index is 12.7. The SMILES string of the molecule is O=C(Cn1nnn(-c2ccccc2)c1=O)N[C@H](Cc1ccccc1)c1ccccc1. The Labute approximate surface area is 173 Å². The van der Waals surface area contributed by atoms with Crippen LogP contribution in [0.3, 0.4) is 0 Å². The van der Waals surface area contributed by atoms with Gasteiger partial charge >= 0.3 is 5.69 Å². The monoisotopic (exact) mass is 399 g/mol. The first-order chi connectivity index (χ1) is 14.7. The summed E-state index contributed by atoms with van der Waals surface area (Å²) in [5, 5.41) is 10.8. The van der Waals surface area contributed by atoms with Crippen LogP contribution in [0.2, 0.25) is 0 Å². The highest BCUT2D eigenvalue weighted by Gasteiger charge is 2.18. The van der Waals surface area contributed by atoms with Crippen LogP contribution in [0.25, 0.3) is 5.69 Å². The molecule has 0 bridgehead atoms. The van der Waals surface area contributed by atoms with Gasteiger partial charge in [0.05, 0.1) is 11.7 Å². The number of benzene rings is 3. The van der Waals surface area contributed by atoms with Crippen molar-refractivity contribution in [2.45, 2.75) is 19.0 Å². The third-order valence-electron chi connectivity index (χ3n) is 4.75. The Hall–Kier alpha value is -4.00. The molecule has 7 nitrogen and oxygen atoms in total. The van der Waals surface area contributed by atoms with E-state index in [0.717, 1.165) is 15.8 Å². The van der Waals surface area contributed by atoms with E-state index < -0.39 is 5.69 Å². The Balaban J connectivity index is 1.51. The van der Waals surface area contributed by atoms with E-state index >= 15 is 0 Å². The number of nitrogens with one attached hydrogen (secondary N) is 1. The molecule has 1 N–H and O–H groups in total. The number of tetrazole rings is 1. The maximum Gasteiger partial charge on any atom is 0.368 e. The number of carbonyl (C=O) groups excluding carboxylic acids is 1. The van der Waals surface area contributed by atoms with Crippen molar-refractivity contribution in [3.63, 3.8) is 0 Å². The van der Waals surface area contributed by atoms with Gasteiger partial charge in [0.2, 0.25) is 5.91 Å². The van der Waals surface area contributed by atoms with Gasteiger partial charge in [-0.05, 0) is 40.1 Å². The predicted molar refractivity (Wildman–Crippen MR) is 113 cm³/mol. The van der Waals surface area contributed by atoms with Crippen molar-refractivity contribution in [1.82, 2.24) is 25.1 Å². The van der Waals surface area contributed by atoms with Crippen LogP contribution >= 0.6 is 0 Å². The van der Waals surface area contributed by atoms with Crippen molar-refractivity contribution >= 4 is 5.91 Å². The number of hydrogen-bond donors (Lipinski definition) is 1. The Morgan fingerprint density at radius 1 is 0.833 bits per heavy atom.